The Hall–Kier alpha value is -3.41. The normalized spacial score (nSPS) is 11.0. The SMILES string of the molecule is Cc1cc(C)n(-c2ccccc2NC(=O)Cc2noc3ccccc23)n1. The summed E-state index contributed by atoms with van der Waals surface area (Å²) in [4.78, 5) is 12.6. The number of benzene rings is 2. The second-order valence-corrected chi connectivity index (χ2v) is 6.21. The number of nitrogens with one attached hydrogen (secondary N) is 1. The monoisotopic (exact) mass is 346 g/mol. The van der Waals surface area contributed by atoms with Crippen LogP contribution in [0.2, 0.25) is 0 Å². The number of aryl methyl sites for hydroxylation is 2. The lowest BCUT2D eigenvalue weighted by atomic mass is 10.1. The number of carbonyl (C=O) groups excluding carboxylic acids is 1. The van der Waals surface area contributed by atoms with Crippen molar-refractivity contribution in [2.45, 2.75) is 20.3 Å². The molecule has 0 aliphatic heterocycles. The van der Waals surface area contributed by atoms with E-state index in [0.29, 0.717) is 17.0 Å². The van der Waals surface area contributed by atoms with E-state index < -0.39 is 0 Å². The molecule has 0 radical (unpaired) electrons. The van der Waals surface area contributed by atoms with Crippen molar-refractivity contribution in [1.82, 2.24) is 14.9 Å². The Morgan fingerprint density at radius 2 is 1.88 bits per heavy atom. The summed E-state index contributed by atoms with van der Waals surface area (Å²) in [7, 11) is 0. The third-order valence-electron chi connectivity index (χ3n) is 4.20. The molecule has 2 aromatic heterocycles. The van der Waals surface area contributed by atoms with Crippen LogP contribution in [0, 0.1) is 13.8 Å². The van der Waals surface area contributed by atoms with Gasteiger partial charge in [-0.25, -0.2) is 4.68 Å². The highest BCUT2D eigenvalue weighted by atomic mass is 16.5. The van der Waals surface area contributed by atoms with Gasteiger partial charge < -0.3 is 9.84 Å². The summed E-state index contributed by atoms with van der Waals surface area (Å²) in [5.74, 6) is -0.155. The number of anilines is 1. The summed E-state index contributed by atoms with van der Waals surface area (Å²) in [6.45, 7) is 3.93. The van der Waals surface area contributed by atoms with Gasteiger partial charge in [0.2, 0.25) is 5.91 Å². The van der Waals surface area contributed by atoms with E-state index in [1.807, 2.05) is 73.1 Å². The molecule has 6 heteroatoms. The number of nitrogens with zero attached hydrogens (tertiary/aromatic N) is 3. The Morgan fingerprint density at radius 3 is 2.69 bits per heavy atom. The van der Waals surface area contributed by atoms with Gasteiger partial charge in [-0.3, -0.25) is 4.79 Å². The molecular formula is C20H18N4O2. The maximum Gasteiger partial charge on any atom is 0.230 e. The van der Waals surface area contributed by atoms with Crippen LogP contribution in [0.1, 0.15) is 17.1 Å². The van der Waals surface area contributed by atoms with Crippen LogP contribution in [0.5, 0.6) is 0 Å². The van der Waals surface area contributed by atoms with Crippen LogP contribution in [0.4, 0.5) is 5.69 Å². The molecule has 2 aromatic carbocycles. The van der Waals surface area contributed by atoms with Crippen molar-refractivity contribution >= 4 is 22.6 Å². The molecule has 130 valence electrons. The van der Waals surface area contributed by atoms with Gasteiger partial charge in [0.15, 0.2) is 5.58 Å². The Labute approximate surface area is 150 Å². The molecule has 2 heterocycles. The summed E-state index contributed by atoms with van der Waals surface area (Å²) < 4.78 is 7.10. The number of para-hydroxylation sites is 3. The van der Waals surface area contributed by atoms with Crippen LogP contribution in [0.15, 0.2) is 59.1 Å². The highest BCUT2D eigenvalue weighted by Crippen LogP contribution is 2.23. The van der Waals surface area contributed by atoms with Gasteiger partial charge in [-0.2, -0.15) is 5.10 Å². The topological polar surface area (TPSA) is 73.0 Å². The molecular weight excluding hydrogens is 328 g/mol. The predicted molar refractivity (Wildman–Crippen MR) is 99.4 cm³/mol. The molecule has 1 N–H and O–H groups in total. The summed E-state index contributed by atoms with van der Waals surface area (Å²) >= 11 is 0. The molecule has 0 saturated carbocycles. The minimum Gasteiger partial charge on any atom is -0.356 e. The van der Waals surface area contributed by atoms with Crippen LogP contribution >= 0.6 is 0 Å². The summed E-state index contributed by atoms with van der Waals surface area (Å²) in [6, 6.07) is 17.1. The molecule has 26 heavy (non-hydrogen) atoms. The lowest BCUT2D eigenvalue weighted by Crippen LogP contribution is -2.16. The number of hydrogen-bond donors (Lipinski definition) is 1. The van der Waals surface area contributed by atoms with Crippen LogP contribution in [-0.4, -0.2) is 20.8 Å². The van der Waals surface area contributed by atoms with Gasteiger partial charge in [0.25, 0.3) is 0 Å². The summed E-state index contributed by atoms with van der Waals surface area (Å²) in [5, 5.41) is 12.3. The van der Waals surface area contributed by atoms with E-state index in [1.54, 1.807) is 0 Å². The van der Waals surface area contributed by atoms with E-state index in [0.717, 1.165) is 22.5 Å². The Bertz CT molecular complexity index is 1090. The average Bonchev–Trinajstić information content (AvgIpc) is 3.18. The molecule has 0 spiro atoms. The first-order valence-electron chi connectivity index (χ1n) is 8.37. The molecule has 0 bridgehead atoms. The van der Waals surface area contributed by atoms with Crippen molar-refractivity contribution in [2.24, 2.45) is 0 Å². The minimum atomic E-state index is -0.155. The fourth-order valence-corrected chi connectivity index (χ4v) is 3.05. The van der Waals surface area contributed by atoms with E-state index in [1.165, 1.54) is 0 Å². The van der Waals surface area contributed by atoms with Crippen molar-refractivity contribution in [2.75, 3.05) is 5.32 Å². The van der Waals surface area contributed by atoms with E-state index in [9.17, 15) is 4.79 Å². The van der Waals surface area contributed by atoms with E-state index in [4.69, 9.17) is 4.52 Å². The molecule has 6 nitrogen and oxygen atoms in total. The van der Waals surface area contributed by atoms with Crippen molar-refractivity contribution < 1.29 is 9.32 Å². The highest BCUT2D eigenvalue weighted by molar-refractivity contribution is 5.96. The molecule has 0 fully saturated rings. The first-order valence-corrected chi connectivity index (χ1v) is 8.37. The fourth-order valence-electron chi connectivity index (χ4n) is 3.05. The van der Waals surface area contributed by atoms with E-state index in [-0.39, 0.29) is 12.3 Å². The molecule has 4 aromatic rings. The van der Waals surface area contributed by atoms with Gasteiger partial charge in [-0.1, -0.05) is 29.4 Å². The standard InChI is InChI=1S/C20H18N4O2/c1-13-11-14(2)24(22-13)18-9-5-4-8-16(18)21-20(25)12-17-15-7-3-6-10-19(15)26-23-17/h3-11H,12H2,1-2H3,(H,21,25). The first kappa shape index (κ1) is 16.1. The second kappa shape index (κ2) is 6.48. The lowest BCUT2D eigenvalue weighted by Gasteiger charge is -2.12. The molecule has 1 amide bonds. The zero-order valence-electron chi connectivity index (χ0n) is 14.6. The van der Waals surface area contributed by atoms with Gasteiger partial charge in [-0.05, 0) is 44.2 Å². The van der Waals surface area contributed by atoms with E-state index in [2.05, 4.69) is 15.6 Å². The van der Waals surface area contributed by atoms with Crippen molar-refractivity contribution in [1.29, 1.82) is 0 Å². The number of hydrogen-bond acceptors (Lipinski definition) is 4. The molecule has 0 saturated heterocycles. The summed E-state index contributed by atoms with van der Waals surface area (Å²) in [5.41, 5.74) is 4.78. The maximum absolute atomic E-state index is 12.6. The molecule has 0 atom stereocenters. The largest absolute Gasteiger partial charge is 0.356 e. The molecule has 0 aliphatic rings. The predicted octanol–water partition coefficient (Wildman–Crippen LogP) is 3.81. The first-order chi connectivity index (χ1) is 12.6. The smallest absolute Gasteiger partial charge is 0.230 e. The van der Waals surface area contributed by atoms with Gasteiger partial charge >= 0.3 is 0 Å². The van der Waals surface area contributed by atoms with E-state index >= 15 is 0 Å². The van der Waals surface area contributed by atoms with Crippen molar-refractivity contribution in [3.63, 3.8) is 0 Å². The lowest BCUT2D eigenvalue weighted by molar-refractivity contribution is -0.115. The minimum absolute atomic E-state index is 0.141. The number of fused-ring (bicyclic) bond motifs is 1. The van der Waals surface area contributed by atoms with Crippen LogP contribution in [0.25, 0.3) is 16.7 Å². The average molecular weight is 346 g/mol. The third-order valence-corrected chi connectivity index (χ3v) is 4.20. The maximum atomic E-state index is 12.6. The van der Waals surface area contributed by atoms with Crippen molar-refractivity contribution in [3.8, 4) is 5.69 Å². The van der Waals surface area contributed by atoms with Gasteiger partial charge in [0.05, 0.1) is 23.5 Å². The Balaban J connectivity index is 1.60. The third kappa shape index (κ3) is 2.97. The van der Waals surface area contributed by atoms with Crippen LogP contribution in [0.3, 0.4) is 0 Å². The highest BCUT2D eigenvalue weighted by Gasteiger charge is 2.15. The fraction of sp³-hybridized carbons (Fsp3) is 0.150. The molecule has 0 unspecified atom stereocenters. The van der Waals surface area contributed by atoms with Gasteiger partial charge in [-0.15, -0.1) is 0 Å². The number of aromatic nitrogens is 3. The molecule has 4 rings (SSSR count). The van der Waals surface area contributed by atoms with Gasteiger partial charge in [0, 0.05) is 11.1 Å². The number of amides is 1. The Morgan fingerprint density at radius 1 is 1.12 bits per heavy atom. The van der Waals surface area contributed by atoms with Crippen LogP contribution < -0.4 is 5.32 Å². The van der Waals surface area contributed by atoms with Crippen LogP contribution in [-0.2, 0) is 11.2 Å². The Kier molecular flexibility index (Phi) is 4.01. The number of rotatable bonds is 4. The quantitative estimate of drug-likeness (QED) is 0.610. The molecule has 0 aliphatic carbocycles. The number of carbonyl (C=O) groups is 1. The zero-order chi connectivity index (χ0) is 18.1. The van der Waals surface area contributed by atoms with Crippen molar-refractivity contribution in [3.05, 3.63) is 71.7 Å². The van der Waals surface area contributed by atoms with Gasteiger partial charge in [0.1, 0.15) is 5.69 Å². The summed E-state index contributed by atoms with van der Waals surface area (Å²) in [6.07, 6.45) is 0.141. The second-order valence-electron chi connectivity index (χ2n) is 6.21. The zero-order valence-corrected chi connectivity index (χ0v) is 14.6.